The highest BCUT2D eigenvalue weighted by Crippen LogP contribution is 2.18. The summed E-state index contributed by atoms with van der Waals surface area (Å²) in [5.74, 6) is 1.19. The van der Waals surface area contributed by atoms with Gasteiger partial charge in [-0.1, -0.05) is 44.2 Å². The third-order valence-corrected chi connectivity index (χ3v) is 2.66. The van der Waals surface area contributed by atoms with Crippen LogP contribution in [0.25, 0.3) is 0 Å². The molecule has 88 valence electrons. The fourth-order valence-electron chi connectivity index (χ4n) is 1.59. The van der Waals surface area contributed by atoms with Gasteiger partial charge in [0.15, 0.2) is 0 Å². The molecule has 1 aromatic carbocycles. The molecule has 2 nitrogen and oxygen atoms in total. The maximum Gasteiger partial charge on any atom is 0.213 e. The highest BCUT2D eigenvalue weighted by Gasteiger charge is 2.02. The Morgan fingerprint density at radius 3 is 2.59 bits per heavy atom. The molecule has 0 aliphatic carbocycles. The van der Waals surface area contributed by atoms with Crippen molar-refractivity contribution in [2.75, 3.05) is 0 Å². The Kier molecular flexibility index (Phi) is 3.76. The molecule has 0 N–H and O–H groups in total. The van der Waals surface area contributed by atoms with E-state index in [0.717, 1.165) is 5.56 Å². The second-order valence-electron chi connectivity index (χ2n) is 4.36. The van der Waals surface area contributed by atoms with E-state index in [2.05, 4.69) is 18.8 Å². The van der Waals surface area contributed by atoms with E-state index in [1.165, 1.54) is 5.56 Å². The number of rotatable bonds is 4. The highest BCUT2D eigenvalue weighted by molar-refractivity contribution is 5.23. The fraction of sp³-hybridized carbons (Fsp3) is 0.267. The van der Waals surface area contributed by atoms with Gasteiger partial charge in [-0.05, 0) is 23.1 Å². The van der Waals surface area contributed by atoms with Crippen LogP contribution < -0.4 is 4.74 Å². The van der Waals surface area contributed by atoms with Gasteiger partial charge >= 0.3 is 0 Å². The van der Waals surface area contributed by atoms with E-state index in [-0.39, 0.29) is 0 Å². The molecule has 1 heterocycles. The molecule has 0 aliphatic heterocycles. The van der Waals surface area contributed by atoms with E-state index >= 15 is 0 Å². The number of benzene rings is 1. The minimum Gasteiger partial charge on any atom is -0.473 e. The number of pyridine rings is 1. The van der Waals surface area contributed by atoms with E-state index < -0.39 is 0 Å². The van der Waals surface area contributed by atoms with Crippen molar-refractivity contribution in [1.82, 2.24) is 4.98 Å². The molecule has 2 aromatic rings. The van der Waals surface area contributed by atoms with Gasteiger partial charge in [-0.15, -0.1) is 0 Å². The number of ether oxygens (including phenoxy) is 1. The fourth-order valence-corrected chi connectivity index (χ4v) is 1.59. The first-order chi connectivity index (χ1) is 8.25. The molecule has 0 bridgehead atoms. The molecule has 0 amide bonds. The Morgan fingerprint density at radius 1 is 1.12 bits per heavy atom. The zero-order valence-corrected chi connectivity index (χ0v) is 10.3. The summed E-state index contributed by atoms with van der Waals surface area (Å²) in [7, 11) is 0. The van der Waals surface area contributed by atoms with Crippen LogP contribution in [0.4, 0.5) is 0 Å². The predicted octanol–water partition coefficient (Wildman–Crippen LogP) is 3.78. The predicted molar refractivity (Wildman–Crippen MR) is 69.1 cm³/mol. The maximum atomic E-state index is 5.67. The molecule has 0 saturated carbocycles. The zero-order valence-electron chi connectivity index (χ0n) is 10.3. The summed E-state index contributed by atoms with van der Waals surface area (Å²) in [5, 5.41) is 0. The molecule has 17 heavy (non-hydrogen) atoms. The smallest absolute Gasteiger partial charge is 0.213 e. The van der Waals surface area contributed by atoms with E-state index in [4.69, 9.17) is 4.74 Å². The summed E-state index contributed by atoms with van der Waals surface area (Å²) in [6.07, 6.45) is 1.80. The van der Waals surface area contributed by atoms with Crippen molar-refractivity contribution in [3.05, 3.63) is 59.8 Å². The monoisotopic (exact) mass is 227 g/mol. The van der Waals surface area contributed by atoms with Gasteiger partial charge < -0.3 is 4.74 Å². The summed E-state index contributed by atoms with van der Waals surface area (Å²) >= 11 is 0. The minimum atomic E-state index is 0.497. The molecule has 0 spiro atoms. The highest BCUT2D eigenvalue weighted by atomic mass is 16.5. The lowest BCUT2D eigenvalue weighted by Gasteiger charge is -2.08. The van der Waals surface area contributed by atoms with Crippen LogP contribution in [0.15, 0.2) is 48.7 Å². The second kappa shape index (κ2) is 5.48. The molecule has 1 aromatic heterocycles. The van der Waals surface area contributed by atoms with Crippen molar-refractivity contribution in [3.63, 3.8) is 0 Å². The van der Waals surface area contributed by atoms with Gasteiger partial charge in [-0.2, -0.15) is 0 Å². The van der Waals surface area contributed by atoms with Crippen LogP contribution in [0.3, 0.4) is 0 Å². The Morgan fingerprint density at radius 2 is 1.88 bits per heavy atom. The van der Waals surface area contributed by atoms with Crippen molar-refractivity contribution in [3.8, 4) is 5.88 Å². The quantitative estimate of drug-likeness (QED) is 0.793. The minimum absolute atomic E-state index is 0.497. The summed E-state index contributed by atoms with van der Waals surface area (Å²) in [6, 6.07) is 14.2. The van der Waals surface area contributed by atoms with Crippen LogP contribution in [0, 0.1) is 0 Å². The van der Waals surface area contributed by atoms with Crippen LogP contribution in [0.5, 0.6) is 5.88 Å². The summed E-state index contributed by atoms with van der Waals surface area (Å²) in [4.78, 5) is 4.21. The third-order valence-electron chi connectivity index (χ3n) is 2.66. The maximum absolute atomic E-state index is 5.67. The Hall–Kier alpha value is -1.83. The first kappa shape index (κ1) is 11.6. The topological polar surface area (TPSA) is 22.1 Å². The lowest BCUT2D eigenvalue weighted by Crippen LogP contribution is -1.98. The molecule has 0 saturated heterocycles. The van der Waals surface area contributed by atoms with E-state index in [1.54, 1.807) is 6.20 Å². The lowest BCUT2D eigenvalue weighted by atomic mass is 10.1. The van der Waals surface area contributed by atoms with Crippen molar-refractivity contribution >= 4 is 0 Å². The summed E-state index contributed by atoms with van der Waals surface area (Å²) < 4.78 is 5.67. The molecule has 2 rings (SSSR count). The van der Waals surface area contributed by atoms with E-state index in [1.807, 2.05) is 42.5 Å². The Balaban J connectivity index is 2.02. The Bertz CT molecular complexity index is 465. The number of hydrogen-bond acceptors (Lipinski definition) is 2. The zero-order chi connectivity index (χ0) is 12.1. The molecule has 0 unspecified atom stereocenters. The van der Waals surface area contributed by atoms with Gasteiger partial charge in [0, 0.05) is 12.3 Å². The van der Waals surface area contributed by atoms with Gasteiger partial charge in [-0.3, -0.25) is 0 Å². The van der Waals surface area contributed by atoms with Crippen LogP contribution in [0.2, 0.25) is 0 Å². The molecule has 0 radical (unpaired) electrons. The first-order valence-corrected chi connectivity index (χ1v) is 5.88. The number of aromatic nitrogens is 1. The van der Waals surface area contributed by atoms with Gasteiger partial charge in [0.25, 0.3) is 0 Å². The van der Waals surface area contributed by atoms with Crippen LogP contribution >= 0.6 is 0 Å². The normalized spacial score (nSPS) is 10.5. The molecule has 2 heteroatoms. The number of nitrogens with zero attached hydrogens (tertiary/aromatic N) is 1. The average Bonchev–Trinajstić information content (AvgIpc) is 2.38. The van der Waals surface area contributed by atoms with E-state index in [9.17, 15) is 0 Å². The molecule has 0 fully saturated rings. The van der Waals surface area contributed by atoms with Gasteiger partial charge in [0.2, 0.25) is 5.88 Å². The van der Waals surface area contributed by atoms with Crippen LogP contribution in [-0.2, 0) is 6.61 Å². The number of hydrogen-bond donors (Lipinski definition) is 0. The van der Waals surface area contributed by atoms with Crippen LogP contribution in [0.1, 0.15) is 30.9 Å². The standard InChI is InChI=1S/C15H17NO/c1-12(2)14-8-9-16-15(10-14)17-11-13-6-4-3-5-7-13/h3-10,12H,11H2,1-2H3. The third kappa shape index (κ3) is 3.31. The van der Waals surface area contributed by atoms with Gasteiger partial charge in [0.05, 0.1) is 0 Å². The molecular formula is C15H17NO. The first-order valence-electron chi connectivity index (χ1n) is 5.88. The van der Waals surface area contributed by atoms with Crippen molar-refractivity contribution in [2.24, 2.45) is 0 Å². The molecule has 0 atom stereocenters. The summed E-state index contributed by atoms with van der Waals surface area (Å²) in [6.45, 7) is 4.89. The van der Waals surface area contributed by atoms with E-state index in [0.29, 0.717) is 18.4 Å². The van der Waals surface area contributed by atoms with Crippen molar-refractivity contribution in [1.29, 1.82) is 0 Å². The van der Waals surface area contributed by atoms with Crippen LogP contribution in [-0.4, -0.2) is 4.98 Å². The molecule has 0 aliphatic rings. The molecular weight excluding hydrogens is 210 g/mol. The second-order valence-corrected chi connectivity index (χ2v) is 4.36. The van der Waals surface area contributed by atoms with Crippen molar-refractivity contribution in [2.45, 2.75) is 26.4 Å². The largest absolute Gasteiger partial charge is 0.473 e. The lowest BCUT2D eigenvalue weighted by molar-refractivity contribution is 0.293. The Labute approximate surface area is 102 Å². The SMILES string of the molecule is CC(C)c1ccnc(OCc2ccccc2)c1. The van der Waals surface area contributed by atoms with Gasteiger partial charge in [0.1, 0.15) is 6.61 Å². The average molecular weight is 227 g/mol. The van der Waals surface area contributed by atoms with Gasteiger partial charge in [-0.25, -0.2) is 4.98 Å². The summed E-state index contributed by atoms with van der Waals surface area (Å²) in [5.41, 5.74) is 2.41. The van der Waals surface area contributed by atoms with Crippen molar-refractivity contribution < 1.29 is 4.74 Å².